The molecule has 368 valence electrons. The molecule has 8 rings (SSSR count). The minimum absolute atomic E-state index is 0.0323. The van der Waals surface area contributed by atoms with Crippen molar-refractivity contribution in [3.05, 3.63) is 144 Å². The molecule has 2 aliphatic heterocycles. The molecule has 2 N–H and O–H groups in total. The number of aliphatic hydroxyl groups is 2. The Hall–Kier alpha value is -6.64. The second-order valence-corrected chi connectivity index (χ2v) is 18.4. The second-order valence-electron chi connectivity index (χ2n) is 17.6. The Morgan fingerprint density at radius 3 is 1.34 bits per heavy atom. The number of hydrogen-bond donors (Lipinski definition) is 2. The van der Waals surface area contributed by atoms with Crippen molar-refractivity contribution in [3.63, 3.8) is 0 Å². The SMILES string of the molecule is C[C@@H]1CC[C@@H](Oc2cccc(C(C)(O)C(F)(F)O[P+](=O)OC(F)(F)C(C)(O)c3cccc(O[C@@H]4CC[C@@H](C)N(C(=O)c5ccccc5-n5nccn5)C4)c3)c2)CN1C(=O)c1ccccc1-n1nccn1. The van der Waals surface area contributed by atoms with Crippen molar-refractivity contribution in [1.29, 1.82) is 0 Å². The van der Waals surface area contributed by atoms with E-state index in [1.54, 1.807) is 58.3 Å². The minimum atomic E-state index is -4.82. The van der Waals surface area contributed by atoms with E-state index in [0.29, 0.717) is 62.0 Å². The Bertz CT molecular complexity index is 2630. The zero-order valence-corrected chi connectivity index (χ0v) is 39.3. The summed E-state index contributed by atoms with van der Waals surface area (Å²) in [6, 6.07) is 23.2. The van der Waals surface area contributed by atoms with Crippen LogP contribution in [0.25, 0.3) is 11.4 Å². The van der Waals surface area contributed by atoms with Crippen LogP contribution in [-0.4, -0.2) is 111 Å². The number of piperidine rings is 2. The van der Waals surface area contributed by atoms with Crippen LogP contribution < -0.4 is 9.47 Å². The molecule has 0 spiro atoms. The van der Waals surface area contributed by atoms with Gasteiger partial charge in [-0.1, -0.05) is 48.5 Å². The lowest BCUT2D eigenvalue weighted by atomic mass is 9.94. The van der Waals surface area contributed by atoms with E-state index in [-0.39, 0.29) is 48.5 Å². The molecule has 4 aromatic carbocycles. The van der Waals surface area contributed by atoms with Gasteiger partial charge in [0.05, 0.1) is 60.4 Å². The second kappa shape index (κ2) is 20.0. The van der Waals surface area contributed by atoms with E-state index in [4.69, 9.17) is 9.47 Å². The molecule has 4 heterocycles. The van der Waals surface area contributed by atoms with Crippen molar-refractivity contribution in [2.24, 2.45) is 0 Å². The Balaban J connectivity index is 0.893. The standard InChI is InChI=1S/C48H50F4N8O9P/c1-31-19-21-37(29-57(31)43(61)39-15-5-7-17-41(39)59-53-23-24-54-59)66-35-13-9-11-33(27-35)45(3,63)47(49,50)68-70(65)69-48(51,52)46(4,64)34-12-10-14-36(28-34)67-38-22-20-32(2)58(30-38)44(62)40-16-6-8-18-42(40)60-55-25-26-56-60/h5-18,23-28,31-32,37-38,63-64H,19-22,29-30H2,1-4H3/q+1/t31-,32-,37-,38-,45?,46?/m1/s1. The summed E-state index contributed by atoms with van der Waals surface area (Å²) in [4.78, 5) is 33.7. The minimum Gasteiger partial charge on any atom is -0.489 e. The zero-order chi connectivity index (χ0) is 50.0. The predicted octanol–water partition coefficient (Wildman–Crippen LogP) is 7.98. The van der Waals surface area contributed by atoms with Gasteiger partial charge in [-0.15, -0.1) is 0 Å². The van der Waals surface area contributed by atoms with Crippen molar-refractivity contribution in [3.8, 4) is 22.9 Å². The monoisotopic (exact) mass is 989 g/mol. The number of benzene rings is 4. The fourth-order valence-electron chi connectivity index (χ4n) is 8.40. The summed E-state index contributed by atoms with van der Waals surface area (Å²) < 4.78 is 96.7. The quantitative estimate of drug-likeness (QED) is 0.0700. The summed E-state index contributed by atoms with van der Waals surface area (Å²) in [6.07, 6.45) is -2.83. The number of likely N-dealkylation sites (tertiary alicyclic amines) is 2. The highest BCUT2D eigenvalue weighted by Crippen LogP contribution is 2.51. The van der Waals surface area contributed by atoms with Crippen molar-refractivity contribution >= 4 is 20.1 Å². The molecule has 0 bridgehead atoms. The first-order chi connectivity index (χ1) is 33.3. The molecule has 2 saturated heterocycles. The Morgan fingerprint density at radius 2 is 0.957 bits per heavy atom. The van der Waals surface area contributed by atoms with Crippen LogP contribution in [0.2, 0.25) is 0 Å². The van der Waals surface area contributed by atoms with Gasteiger partial charge in [-0.3, -0.25) is 9.59 Å². The zero-order valence-electron chi connectivity index (χ0n) is 38.4. The van der Waals surface area contributed by atoms with E-state index in [1.807, 2.05) is 13.8 Å². The topological polar surface area (TPSA) is 196 Å². The van der Waals surface area contributed by atoms with Crippen LogP contribution in [0.5, 0.6) is 11.5 Å². The molecule has 2 aromatic heterocycles. The summed E-state index contributed by atoms with van der Waals surface area (Å²) in [7, 11) is -4.43. The molecule has 2 amide bonds. The Kier molecular flexibility index (Phi) is 14.2. The van der Waals surface area contributed by atoms with Gasteiger partial charge in [0.25, 0.3) is 11.8 Å². The first kappa shape index (κ1) is 49.8. The number of carbonyl (C=O) groups excluding carboxylic acids is 2. The predicted molar refractivity (Wildman–Crippen MR) is 243 cm³/mol. The molecular formula is C48H50F4N8O9P+. The maximum Gasteiger partial charge on any atom is 0.710 e. The van der Waals surface area contributed by atoms with Gasteiger partial charge in [0, 0.05) is 16.6 Å². The summed E-state index contributed by atoms with van der Waals surface area (Å²) in [5, 5.41) is 39.0. The Labute approximate surface area is 400 Å². The third-order valence-corrected chi connectivity index (χ3v) is 13.4. The number of carbonyl (C=O) groups is 2. The smallest absolute Gasteiger partial charge is 0.489 e. The number of alkyl halides is 4. The highest BCUT2D eigenvalue weighted by atomic mass is 31.1. The summed E-state index contributed by atoms with van der Waals surface area (Å²) in [5.41, 5.74) is -5.94. The third-order valence-electron chi connectivity index (χ3n) is 12.6. The van der Waals surface area contributed by atoms with Crippen LogP contribution in [0.4, 0.5) is 17.6 Å². The van der Waals surface area contributed by atoms with E-state index < -0.39 is 55.0 Å². The number of halogens is 4. The fourth-order valence-corrected chi connectivity index (χ4v) is 9.17. The number of para-hydroxylation sites is 2. The van der Waals surface area contributed by atoms with Crippen molar-refractivity contribution in [1.82, 2.24) is 39.8 Å². The average molecular weight is 990 g/mol. The third kappa shape index (κ3) is 10.3. The average Bonchev–Trinajstić information content (AvgIpc) is 4.09. The number of amides is 2. The lowest BCUT2D eigenvalue weighted by molar-refractivity contribution is -0.313. The molecule has 6 atom stereocenters. The largest absolute Gasteiger partial charge is 0.710 e. The van der Waals surface area contributed by atoms with Gasteiger partial charge < -0.3 is 29.5 Å². The Morgan fingerprint density at radius 1 is 0.586 bits per heavy atom. The van der Waals surface area contributed by atoms with Crippen molar-refractivity contribution in [2.75, 3.05) is 13.1 Å². The molecule has 70 heavy (non-hydrogen) atoms. The molecule has 2 unspecified atom stereocenters. The van der Waals surface area contributed by atoms with Crippen LogP contribution in [-0.2, 0) is 24.8 Å². The molecule has 17 nitrogen and oxygen atoms in total. The van der Waals surface area contributed by atoms with Gasteiger partial charge in [-0.2, -0.15) is 47.5 Å². The van der Waals surface area contributed by atoms with Gasteiger partial charge in [0.15, 0.2) is 11.2 Å². The summed E-state index contributed by atoms with van der Waals surface area (Å²) in [6.45, 7) is 5.29. The van der Waals surface area contributed by atoms with Gasteiger partial charge >= 0.3 is 20.5 Å². The highest BCUT2D eigenvalue weighted by molar-refractivity contribution is 7.33. The number of rotatable bonds is 16. The lowest BCUT2D eigenvalue weighted by Gasteiger charge is -2.38. The molecule has 2 aliphatic rings. The van der Waals surface area contributed by atoms with Crippen LogP contribution in [0.3, 0.4) is 0 Å². The molecule has 0 aliphatic carbocycles. The van der Waals surface area contributed by atoms with Gasteiger partial charge in [0.1, 0.15) is 23.7 Å². The van der Waals surface area contributed by atoms with Crippen LogP contribution in [0.1, 0.15) is 85.2 Å². The van der Waals surface area contributed by atoms with Crippen LogP contribution >= 0.6 is 8.25 Å². The van der Waals surface area contributed by atoms with E-state index in [9.17, 15) is 24.4 Å². The highest BCUT2D eigenvalue weighted by Gasteiger charge is 2.64. The maximum absolute atomic E-state index is 15.8. The molecule has 22 heteroatoms. The van der Waals surface area contributed by atoms with E-state index in [2.05, 4.69) is 29.4 Å². The molecule has 2 fully saturated rings. The number of nitrogens with zero attached hydrogens (tertiary/aromatic N) is 8. The van der Waals surface area contributed by atoms with Crippen LogP contribution in [0, 0.1) is 0 Å². The fraction of sp³-hybridized carbons (Fsp3) is 0.375. The van der Waals surface area contributed by atoms with Crippen molar-refractivity contribution < 1.29 is 60.5 Å². The maximum atomic E-state index is 15.8. The number of aromatic nitrogens is 6. The number of ether oxygens (including phenoxy) is 2. The summed E-state index contributed by atoms with van der Waals surface area (Å²) >= 11 is 0. The number of hydrogen-bond acceptors (Lipinski definition) is 13. The first-order valence-corrected chi connectivity index (χ1v) is 23.5. The lowest BCUT2D eigenvalue weighted by Crippen LogP contribution is -2.49. The molecular weight excluding hydrogens is 940 g/mol. The van der Waals surface area contributed by atoms with Gasteiger partial charge in [0.2, 0.25) is 0 Å². The molecule has 0 saturated carbocycles. The van der Waals surface area contributed by atoms with Crippen molar-refractivity contribution in [2.45, 2.75) is 101 Å². The van der Waals surface area contributed by atoms with E-state index in [0.717, 1.165) is 24.3 Å². The van der Waals surface area contributed by atoms with Crippen LogP contribution in [0.15, 0.2) is 122 Å². The first-order valence-electron chi connectivity index (χ1n) is 22.4. The summed E-state index contributed by atoms with van der Waals surface area (Å²) in [5.74, 6) is -0.539. The van der Waals surface area contributed by atoms with Gasteiger partial charge in [-0.25, -0.2) is 0 Å². The van der Waals surface area contributed by atoms with Gasteiger partial charge in [-0.05, 0) is 122 Å². The van der Waals surface area contributed by atoms with E-state index in [1.165, 1.54) is 58.6 Å². The molecule has 6 aromatic rings. The normalized spacial score (nSPS) is 20.8. The van der Waals surface area contributed by atoms with E-state index >= 15 is 17.6 Å². The molecule has 0 radical (unpaired) electrons.